The molecule has 3 heterocycles. The maximum Gasteiger partial charge on any atom is 0.232 e. The second kappa shape index (κ2) is 9.17. The molecule has 8 heteroatoms. The number of amides is 1. The van der Waals surface area contributed by atoms with Crippen LogP contribution in [0.25, 0.3) is 11.4 Å². The zero-order chi connectivity index (χ0) is 20.1. The van der Waals surface area contributed by atoms with Crippen molar-refractivity contribution in [2.45, 2.75) is 24.5 Å². The number of hydrogen-bond acceptors (Lipinski definition) is 6. The van der Waals surface area contributed by atoms with Crippen molar-refractivity contribution in [3.05, 3.63) is 66.1 Å². The lowest BCUT2D eigenvalue weighted by Gasteiger charge is -2.31. The van der Waals surface area contributed by atoms with Gasteiger partial charge >= 0.3 is 0 Å². The van der Waals surface area contributed by atoms with E-state index in [2.05, 4.69) is 15.1 Å². The minimum absolute atomic E-state index is 0.00305. The second-order valence-electron chi connectivity index (χ2n) is 6.96. The molecule has 1 aliphatic rings. The van der Waals surface area contributed by atoms with Gasteiger partial charge in [0.05, 0.1) is 17.4 Å². The largest absolute Gasteiger partial charge is 0.341 e. The highest BCUT2D eigenvalue weighted by Gasteiger charge is 2.28. The molecule has 6 nitrogen and oxygen atoms in total. The van der Waals surface area contributed by atoms with Gasteiger partial charge in [-0.2, -0.15) is 4.98 Å². The Morgan fingerprint density at radius 2 is 2.21 bits per heavy atom. The summed E-state index contributed by atoms with van der Waals surface area (Å²) in [6.45, 7) is 1.30. The zero-order valence-electron chi connectivity index (χ0n) is 15.8. The van der Waals surface area contributed by atoms with Gasteiger partial charge in [0.15, 0.2) is 0 Å². The van der Waals surface area contributed by atoms with E-state index in [1.807, 2.05) is 23.1 Å². The van der Waals surface area contributed by atoms with E-state index in [1.165, 1.54) is 12.1 Å². The van der Waals surface area contributed by atoms with Crippen LogP contribution in [0.5, 0.6) is 0 Å². The first-order valence-electron chi connectivity index (χ1n) is 9.54. The van der Waals surface area contributed by atoms with Gasteiger partial charge in [0.1, 0.15) is 5.82 Å². The van der Waals surface area contributed by atoms with E-state index in [9.17, 15) is 9.18 Å². The van der Waals surface area contributed by atoms with Crippen LogP contribution in [-0.2, 0) is 10.5 Å². The SMILES string of the molecule is O=C(CSCc1ccccn1)N1CCCC(c2nc(-c3cccc(F)c3)no2)C1. The third-order valence-corrected chi connectivity index (χ3v) is 5.80. The molecule has 1 amide bonds. The average Bonchev–Trinajstić information content (AvgIpc) is 3.25. The van der Waals surface area contributed by atoms with Gasteiger partial charge in [-0.3, -0.25) is 9.78 Å². The number of halogens is 1. The molecule has 1 atom stereocenters. The summed E-state index contributed by atoms with van der Waals surface area (Å²) in [5, 5.41) is 3.99. The number of pyridine rings is 1. The molecule has 150 valence electrons. The Bertz CT molecular complexity index is 966. The molecule has 1 saturated heterocycles. The fourth-order valence-corrected chi connectivity index (χ4v) is 4.21. The molecule has 1 unspecified atom stereocenters. The van der Waals surface area contributed by atoms with E-state index in [4.69, 9.17) is 4.52 Å². The summed E-state index contributed by atoms with van der Waals surface area (Å²) in [5.74, 6) is 1.78. The van der Waals surface area contributed by atoms with E-state index in [0.29, 0.717) is 35.3 Å². The Labute approximate surface area is 172 Å². The highest BCUT2D eigenvalue weighted by molar-refractivity contribution is 7.99. The normalized spacial score (nSPS) is 16.7. The number of nitrogens with zero attached hydrogens (tertiary/aromatic N) is 4. The number of thioether (sulfide) groups is 1. The van der Waals surface area contributed by atoms with E-state index in [0.717, 1.165) is 25.1 Å². The maximum absolute atomic E-state index is 13.4. The molecule has 0 aliphatic carbocycles. The first-order valence-corrected chi connectivity index (χ1v) is 10.7. The molecule has 2 aromatic heterocycles. The highest BCUT2D eigenvalue weighted by atomic mass is 32.2. The minimum Gasteiger partial charge on any atom is -0.341 e. The number of likely N-dealkylation sites (tertiary alicyclic amines) is 1. The summed E-state index contributed by atoms with van der Waals surface area (Å²) in [5.41, 5.74) is 1.55. The zero-order valence-corrected chi connectivity index (χ0v) is 16.6. The number of piperidine rings is 1. The summed E-state index contributed by atoms with van der Waals surface area (Å²) in [7, 11) is 0. The third-order valence-electron chi connectivity index (χ3n) is 4.85. The van der Waals surface area contributed by atoms with Crippen LogP contribution in [0.4, 0.5) is 4.39 Å². The van der Waals surface area contributed by atoms with Crippen molar-refractivity contribution in [2.24, 2.45) is 0 Å². The summed E-state index contributed by atoms with van der Waals surface area (Å²) in [6, 6.07) is 11.9. The van der Waals surface area contributed by atoms with Crippen molar-refractivity contribution in [2.75, 3.05) is 18.8 Å². The number of benzene rings is 1. The fraction of sp³-hybridized carbons (Fsp3) is 0.333. The molecule has 0 radical (unpaired) electrons. The van der Waals surface area contributed by atoms with Crippen LogP contribution in [-0.4, -0.2) is 44.8 Å². The van der Waals surface area contributed by atoms with E-state index in [1.54, 1.807) is 30.1 Å². The Hall–Kier alpha value is -2.74. The lowest BCUT2D eigenvalue weighted by molar-refractivity contribution is -0.129. The predicted octanol–water partition coefficient (Wildman–Crippen LogP) is 3.91. The molecule has 0 N–H and O–H groups in total. The fourth-order valence-electron chi connectivity index (χ4n) is 3.37. The van der Waals surface area contributed by atoms with Gasteiger partial charge in [-0.15, -0.1) is 11.8 Å². The van der Waals surface area contributed by atoms with Crippen LogP contribution in [0, 0.1) is 5.82 Å². The van der Waals surface area contributed by atoms with Crippen molar-refractivity contribution < 1.29 is 13.7 Å². The Kier molecular flexibility index (Phi) is 6.19. The first kappa shape index (κ1) is 19.6. The van der Waals surface area contributed by atoms with E-state index < -0.39 is 0 Å². The van der Waals surface area contributed by atoms with Gasteiger partial charge in [0.2, 0.25) is 17.6 Å². The molecule has 0 bridgehead atoms. The molecule has 1 aliphatic heterocycles. The Balaban J connectivity index is 1.34. The van der Waals surface area contributed by atoms with E-state index in [-0.39, 0.29) is 17.6 Å². The lowest BCUT2D eigenvalue weighted by Crippen LogP contribution is -2.40. The number of hydrogen-bond donors (Lipinski definition) is 0. The number of carbonyl (C=O) groups is 1. The van der Waals surface area contributed by atoms with E-state index >= 15 is 0 Å². The minimum atomic E-state index is -0.341. The molecule has 1 fully saturated rings. The van der Waals surface area contributed by atoms with Crippen molar-refractivity contribution in [3.63, 3.8) is 0 Å². The second-order valence-corrected chi connectivity index (χ2v) is 7.94. The number of aromatic nitrogens is 3. The quantitative estimate of drug-likeness (QED) is 0.611. The molecule has 29 heavy (non-hydrogen) atoms. The first-order chi connectivity index (χ1) is 14.2. The summed E-state index contributed by atoms with van der Waals surface area (Å²) < 4.78 is 18.9. The molecular weight excluding hydrogens is 391 g/mol. The van der Waals surface area contributed by atoms with Crippen LogP contribution >= 0.6 is 11.8 Å². The van der Waals surface area contributed by atoms with Crippen LogP contribution in [0.3, 0.4) is 0 Å². The predicted molar refractivity (Wildman–Crippen MR) is 109 cm³/mol. The van der Waals surface area contributed by atoms with Gasteiger partial charge in [0.25, 0.3) is 0 Å². The van der Waals surface area contributed by atoms with Crippen LogP contribution in [0.15, 0.2) is 53.2 Å². The number of rotatable bonds is 6. The van der Waals surface area contributed by atoms with Crippen molar-refractivity contribution in [1.29, 1.82) is 0 Å². The van der Waals surface area contributed by atoms with Gasteiger partial charge in [-0.25, -0.2) is 4.39 Å². The summed E-state index contributed by atoms with van der Waals surface area (Å²) >= 11 is 1.57. The van der Waals surface area contributed by atoms with Crippen LogP contribution < -0.4 is 0 Å². The van der Waals surface area contributed by atoms with Crippen molar-refractivity contribution >= 4 is 17.7 Å². The average molecular weight is 412 g/mol. The maximum atomic E-state index is 13.4. The van der Waals surface area contributed by atoms with Crippen LogP contribution in [0.2, 0.25) is 0 Å². The molecule has 0 saturated carbocycles. The standard InChI is InChI=1S/C21H21FN4O2S/c22-17-7-3-5-15(11-17)20-24-21(28-25-20)16-6-4-10-26(12-16)19(27)14-29-13-18-8-1-2-9-23-18/h1-3,5,7-9,11,16H,4,6,10,12-14H2. The number of carbonyl (C=O) groups excluding carboxylic acids is 1. The monoisotopic (exact) mass is 412 g/mol. The van der Waals surface area contributed by atoms with Gasteiger partial charge in [-0.1, -0.05) is 23.4 Å². The Morgan fingerprint density at radius 3 is 3.03 bits per heavy atom. The van der Waals surface area contributed by atoms with Gasteiger partial charge < -0.3 is 9.42 Å². The van der Waals surface area contributed by atoms with Gasteiger partial charge in [0, 0.05) is 30.6 Å². The Morgan fingerprint density at radius 1 is 1.28 bits per heavy atom. The molecular formula is C21H21FN4O2S. The van der Waals surface area contributed by atoms with Crippen LogP contribution in [0.1, 0.15) is 30.3 Å². The van der Waals surface area contributed by atoms with Crippen molar-refractivity contribution in [1.82, 2.24) is 20.0 Å². The lowest BCUT2D eigenvalue weighted by atomic mass is 9.98. The third kappa shape index (κ3) is 5.00. The van der Waals surface area contributed by atoms with Crippen molar-refractivity contribution in [3.8, 4) is 11.4 Å². The molecule has 1 aromatic carbocycles. The smallest absolute Gasteiger partial charge is 0.232 e. The van der Waals surface area contributed by atoms with Gasteiger partial charge in [-0.05, 0) is 37.1 Å². The topological polar surface area (TPSA) is 72.1 Å². The molecule has 3 aromatic rings. The summed E-state index contributed by atoms with van der Waals surface area (Å²) in [4.78, 5) is 23.2. The summed E-state index contributed by atoms with van der Waals surface area (Å²) in [6.07, 6.45) is 3.53. The highest BCUT2D eigenvalue weighted by Crippen LogP contribution is 2.28. The molecule has 4 rings (SSSR count). The molecule has 0 spiro atoms.